The standard InChI is InChI=1S/C23H25N3O/c1-15-7-9-18(10-8-15)14-26-17(3)22(16(2)25-26)23(27)24-21-12-11-19-5-4-6-20(19)13-21/h7-13H,4-6,14H2,1-3H3,(H,24,27). The topological polar surface area (TPSA) is 46.9 Å². The summed E-state index contributed by atoms with van der Waals surface area (Å²) in [5.41, 5.74) is 8.37. The molecule has 0 unspecified atom stereocenters. The Labute approximate surface area is 160 Å². The minimum absolute atomic E-state index is 0.0851. The summed E-state index contributed by atoms with van der Waals surface area (Å²) in [6, 6.07) is 14.7. The van der Waals surface area contributed by atoms with Gasteiger partial charge >= 0.3 is 0 Å². The molecular weight excluding hydrogens is 334 g/mol. The van der Waals surface area contributed by atoms with Gasteiger partial charge in [-0.05, 0) is 68.9 Å². The molecule has 3 aromatic rings. The predicted octanol–water partition coefficient (Wildman–Crippen LogP) is 4.60. The summed E-state index contributed by atoms with van der Waals surface area (Å²) in [4.78, 5) is 12.9. The first kappa shape index (κ1) is 17.5. The number of anilines is 1. The number of rotatable bonds is 4. The van der Waals surface area contributed by atoms with Crippen LogP contribution in [0.5, 0.6) is 0 Å². The molecule has 0 aliphatic heterocycles. The second kappa shape index (κ2) is 7.03. The Hall–Kier alpha value is -2.88. The van der Waals surface area contributed by atoms with Crippen molar-refractivity contribution in [1.29, 1.82) is 0 Å². The van der Waals surface area contributed by atoms with E-state index in [9.17, 15) is 4.79 Å². The van der Waals surface area contributed by atoms with Crippen LogP contribution in [-0.4, -0.2) is 15.7 Å². The minimum Gasteiger partial charge on any atom is -0.322 e. The summed E-state index contributed by atoms with van der Waals surface area (Å²) in [6.45, 7) is 6.61. The van der Waals surface area contributed by atoms with Gasteiger partial charge in [0.15, 0.2) is 0 Å². The first-order valence-corrected chi connectivity index (χ1v) is 9.54. The van der Waals surface area contributed by atoms with Crippen molar-refractivity contribution >= 4 is 11.6 Å². The summed E-state index contributed by atoms with van der Waals surface area (Å²) >= 11 is 0. The molecule has 27 heavy (non-hydrogen) atoms. The predicted molar refractivity (Wildman–Crippen MR) is 108 cm³/mol. The molecule has 1 aliphatic rings. The monoisotopic (exact) mass is 359 g/mol. The quantitative estimate of drug-likeness (QED) is 0.740. The fraction of sp³-hybridized carbons (Fsp3) is 0.304. The first-order chi connectivity index (χ1) is 13.0. The van der Waals surface area contributed by atoms with Crippen molar-refractivity contribution in [3.8, 4) is 0 Å². The van der Waals surface area contributed by atoms with E-state index in [0.29, 0.717) is 12.1 Å². The molecule has 4 rings (SSSR count). The molecule has 1 amide bonds. The van der Waals surface area contributed by atoms with Crippen molar-refractivity contribution in [3.63, 3.8) is 0 Å². The van der Waals surface area contributed by atoms with Crippen LogP contribution in [-0.2, 0) is 19.4 Å². The molecule has 138 valence electrons. The smallest absolute Gasteiger partial charge is 0.259 e. The van der Waals surface area contributed by atoms with Crippen molar-refractivity contribution in [2.24, 2.45) is 0 Å². The number of amides is 1. The fourth-order valence-corrected chi connectivity index (χ4v) is 3.89. The lowest BCUT2D eigenvalue weighted by Gasteiger charge is -2.09. The Morgan fingerprint density at radius 3 is 2.56 bits per heavy atom. The van der Waals surface area contributed by atoms with E-state index < -0.39 is 0 Å². The van der Waals surface area contributed by atoms with Crippen LogP contribution < -0.4 is 5.32 Å². The molecule has 1 N–H and O–H groups in total. The highest BCUT2D eigenvalue weighted by molar-refractivity contribution is 6.05. The van der Waals surface area contributed by atoms with Gasteiger partial charge in [0.2, 0.25) is 0 Å². The van der Waals surface area contributed by atoms with Crippen molar-refractivity contribution < 1.29 is 4.79 Å². The SMILES string of the molecule is Cc1ccc(Cn2nc(C)c(C(=O)Nc3ccc4c(c3)CCC4)c2C)cc1. The highest BCUT2D eigenvalue weighted by atomic mass is 16.1. The van der Waals surface area contributed by atoms with E-state index in [1.807, 2.05) is 24.6 Å². The number of carbonyl (C=O) groups excluding carboxylic acids is 1. The van der Waals surface area contributed by atoms with Gasteiger partial charge in [0.25, 0.3) is 5.91 Å². The molecule has 1 aromatic heterocycles. The zero-order valence-electron chi connectivity index (χ0n) is 16.2. The second-order valence-electron chi connectivity index (χ2n) is 7.48. The van der Waals surface area contributed by atoms with E-state index in [1.54, 1.807) is 0 Å². The third-order valence-corrected chi connectivity index (χ3v) is 5.42. The van der Waals surface area contributed by atoms with Crippen LogP contribution in [0.25, 0.3) is 0 Å². The van der Waals surface area contributed by atoms with E-state index in [4.69, 9.17) is 0 Å². The zero-order chi connectivity index (χ0) is 19.0. The number of benzene rings is 2. The first-order valence-electron chi connectivity index (χ1n) is 9.54. The number of carbonyl (C=O) groups is 1. The van der Waals surface area contributed by atoms with E-state index in [0.717, 1.165) is 29.9 Å². The van der Waals surface area contributed by atoms with Crippen LogP contribution in [0.3, 0.4) is 0 Å². The Morgan fingerprint density at radius 2 is 1.78 bits per heavy atom. The summed E-state index contributed by atoms with van der Waals surface area (Å²) in [6.07, 6.45) is 3.45. The van der Waals surface area contributed by atoms with Crippen LogP contribution in [0.1, 0.15) is 50.4 Å². The molecule has 0 atom stereocenters. The number of aryl methyl sites for hydroxylation is 4. The third kappa shape index (κ3) is 3.52. The normalized spacial score (nSPS) is 12.9. The Balaban J connectivity index is 1.55. The van der Waals surface area contributed by atoms with Gasteiger partial charge in [-0.3, -0.25) is 9.48 Å². The van der Waals surface area contributed by atoms with Gasteiger partial charge in [-0.2, -0.15) is 5.10 Å². The lowest BCUT2D eigenvalue weighted by atomic mass is 10.1. The van der Waals surface area contributed by atoms with Crippen LogP contribution in [0.2, 0.25) is 0 Å². The van der Waals surface area contributed by atoms with Crippen molar-refractivity contribution in [2.75, 3.05) is 5.32 Å². The van der Waals surface area contributed by atoms with Crippen LogP contribution in [0.15, 0.2) is 42.5 Å². The Bertz CT molecular complexity index is 999. The number of aromatic nitrogens is 2. The maximum Gasteiger partial charge on any atom is 0.259 e. The second-order valence-corrected chi connectivity index (χ2v) is 7.48. The molecule has 4 nitrogen and oxygen atoms in total. The molecular formula is C23H25N3O. The fourth-order valence-electron chi connectivity index (χ4n) is 3.89. The maximum atomic E-state index is 12.9. The minimum atomic E-state index is -0.0851. The average Bonchev–Trinajstić information content (AvgIpc) is 3.21. The summed E-state index contributed by atoms with van der Waals surface area (Å²) in [5.74, 6) is -0.0851. The zero-order valence-corrected chi connectivity index (χ0v) is 16.2. The van der Waals surface area contributed by atoms with E-state index in [2.05, 4.69) is 53.7 Å². The Morgan fingerprint density at radius 1 is 1.04 bits per heavy atom. The lowest BCUT2D eigenvalue weighted by molar-refractivity contribution is 0.102. The average molecular weight is 359 g/mol. The number of nitrogens with zero attached hydrogens (tertiary/aromatic N) is 2. The Kier molecular flexibility index (Phi) is 4.56. The summed E-state index contributed by atoms with van der Waals surface area (Å²) in [5, 5.41) is 7.67. The van der Waals surface area contributed by atoms with Crippen LogP contribution in [0, 0.1) is 20.8 Å². The summed E-state index contributed by atoms with van der Waals surface area (Å²) < 4.78 is 1.91. The number of hydrogen-bond acceptors (Lipinski definition) is 2. The van der Waals surface area contributed by atoms with Gasteiger partial charge in [-0.1, -0.05) is 35.9 Å². The van der Waals surface area contributed by atoms with Gasteiger partial charge in [-0.15, -0.1) is 0 Å². The van der Waals surface area contributed by atoms with E-state index in [1.165, 1.54) is 28.7 Å². The number of hydrogen-bond donors (Lipinski definition) is 1. The van der Waals surface area contributed by atoms with Crippen molar-refractivity contribution in [2.45, 2.75) is 46.6 Å². The highest BCUT2D eigenvalue weighted by Crippen LogP contribution is 2.25. The number of fused-ring (bicyclic) bond motifs is 1. The van der Waals surface area contributed by atoms with Crippen LogP contribution >= 0.6 is 0 Å². The van der Waals surface area contributed by atoms with Gasteiger partial charge < -0.3 is 5.32 Å². The lowest BCUT2D eigenvalue weighted by Crippen LogP contribution is -2.14. The summed E-state index contributed by atoms with van der Waals surface area (Å²) in [7, 11) is 0. The molecule has 0 saturated heterocycles. The van der Waals surface area contributed by atoms with Crippen molar-refractivity contribution in [1.82, 2.24) is 9.78 Å². The highest BCUT2D eigenvalue weighted by Gasteiger charge is 2.20. The molecule has 1 aliphatic carbocycles. The van der Waals surface area contributed by atoms with Gasteiger partial charge in [0.05, 0.1) is 17.8 Å². The maximum absolute atomic E-state index is 12.9. The third-order valence-electron chi connectivity index (χ3n) is 5.42. The molecule has 0 fully saturated rings. The van der Waals surface area contributed by atoms with E-state index in [-0.39, 0.29) is 5.91 Å². The van der Waals surface area contributed by atoms with Gasteiger partial charge in [0.1, 0.15) is 0 Å². The van der Waals surface area contributed by atoms with Crippen molar-refractivity contribution in [3.05, 3.63) is 81.7 Å². The van der Waals surface area contributed by atoms with Gasteiger partial charge in [0, 0.05) is 11.4 Å². The molecule has 0 bridgehead atoms. The molecule has 0 saturated carbocycles. The van der Waals surface area contributed by atoms with Crippen LogP contribution in [0.4, 0.5) is 5.69 Å². The number of nitrogens with one attached hydrogen (secondary N) is 1. The largest absolute Gasteiger partial charge is 0.322 e. The molecule has 2 aromatic carbocycles. The van der Waals surface area contributed by atoms with E-state index >= 15 is 0 Å². The molecule has 4 heteroatoms. The van der Waals surface area contributed by atoms with Gasteiger partial charge in [-0.25, -0.2) is 0 Å². The molecule has 0 spiro atoms. The molecule has 0 radical (unpaired) electrons. The molecule has 1 heterocycles.